The molecule has 160 valence electrons. The number of esters is 1. The maximum Gasteiger partial charge on any atom is 0.305 e. The van der Waals surface area contributed by atoms with Gasteiger partial charge < -0.3 is 14.7 Å². The molecule has 0 saturated carbocycles. The maximum absolute atomic E-state index is 12.6. The van der Waals surface area contributed by atoms with Crippen molar-refractivity contribution in [3.63, 3.8) is 0 Å². The van der Waals surface area contributed by atoms with Gasteiger partial charge in [0.05, 0.1) is 19.3 Å². The first kappa shape index (κ1) is 23.1. The normalized spacial score (nSPS) is 18.6. The maximum atomic E-state index is 12.6. The summed E-state index contributed by atoms with van der Waals surface area (Å²) >= 11 is 0. The molecule has 0 bridgehead atoms. The fraction of sp³-hybridized carbons (Fsp3) is 0.583. The highest BCUT2D eigenvalue weighted by Gasteiger charge is 2.24. The average Bonchev–Trinajstić information content (AvgIpc) is 2.90. The number of carbonyl (C=O) groups excluding carboxylic acids is 2. The third kappa shape index (κ3) is 8.82. The zero-order valence-corrected chi connectivity index (χ0v) is 17.6. The number of unbranched alkanes of at least 4 members (excludes halogenated alkanes) is 3. The van der Waals surface area contributed by atoms with E-state index in [1.165, 1.54) is 7.11 Å². The van der Waals surface area contributed by atoms with E-state index in [1.807, 2.05) is 47.4 Å². The van der Waals surface area contributed by atoms with Gasteiger partial charge in [0, 0.05) is 25.8 Å². The van der Waals surface area contributed by atoms with E-state index in [0.29, 0.717) is 19.3 Å². The first-order valence-corrected chi connectivity index (χ1v) is 10.9. The summed E-state index contributed by atoms with van der Waals surface area (Å²) < 4.78 is 4.66. The highest BCUT2D eigenvalue weighted by Crippen LogP contribution is 2.20. The van der Waals surface area contributed by atoms with Gasteiger partial charge in [-0.15, -0.1) is 0 Å². The molecule has 2 unspecified atom stereocenters. The van der Waals surface area contributed by atoms with E-state index in [9.17, 15) is 14.7 Å². The molecule has 29 heavy (non-hydrogen) atoms. The summed E-state index contributed by atoms with van der Waals surface area (Å²) in [5, 5.41) is 10.4. The van der Waals surface area contributed by atoms with Crippen molar-refractivity contribution < 1.29 is 19.4 Å². The van der Waals surface area contributed by atoms with Crippen molar-refractivity contribution >= 4 is 11.9 Å². The lowest BCUT2D eigenvalue weighted by atomic mass is 10.0. The van der Waals surface area contributed by atoms with E-state index in [4.69, 9.17) is 0 Å². The summed E-state index contributed by atoms with van der Waals surface area (Å²) in [6.45, 7) is 0.737. The van der Waals surface area contributed by atoms with Gasteiger partial charge in [-0.05, 0) is 31.2 Å². The largest absolute Gasteiger partial charge is 0.469 e. The standard InChI is InChI=1S/C24H35NO4/c1-29-24(28)15-7-2-3-10-18-25-21(13-8-9-14-23(25)27)16-17-22(26)19-20-11-5-4-6-12-20/h4-6,11-12,16-17,21-22,26H,2-3,7-10,13-15,18-19H2,1H3. The predicted molar refractivity (Wildman–Crippen MR) is 114 cm³/mol. The molecule has 2 atom stereocenters. The molecule has 1 saturated heterocycles. The van der Waals surface area contributed by atoms with Crippen LogP contribution in [0.3, 0.4) is 0 Å². The number of likely N-dealkylation sites (tertiary alicyclic amines) is 1. The van der Waals surface area contributed by atoms with Crippen molar-refractivity contribution in [1.29, 1.82) is 0 Å². The number of aliphatic hydroxyl groups is 1. The van der Waals surface area contributed by atoms with Crippen LogP contribution in [0.4, 0.5) is 0 Å². The Morgan fingerprint density at radius 1 is 1.21 bits per heavy atom. The van der Waals surface area contributed by atoms with E-state index in [1.54, 1.807) is 0 Å². The first-order valence-electron chi connectivity index (χ1n) is 10.9. The first-order chi connectivity index (χ1) is 14.1. The monoisotopic (exact) mass is 401 g/mol. The van der Waals surface area contributed by atoms with Gasteiger partial charge in [-0.3, -0.25) is 9.59 Å². The Hall–Kier alpha value is -2.14. The Labute approximate surface area is 174 Å². The van der Waals surface area contributed by atoms with E-state index in [-0.39, 0.29) is 17.9 Å². The van der Waals surface area contributed by atoms with Gasteiger partial charge in [0.2, 0.25) is 5.91 Å². The van der Waals surface area contributed by atoms with Gasteiger partial charge in [0.25, 0.3) is 0 Å². The predicted octanol–water partition coefficient (Wildman–Crippen LogP) is 4.04. The lowest BCUT2D eigenvalue weighted by molar-refractivity contribution is -0.140. The SMILES string of the molecule is COC(=O)CCCCCCN1C(=O)CCCCC1C=CC(O)Cc1ccccc1. The molecule has 1 aromatic rings. The summed E-state index contributed by atoms with van der Waals surface area (Å²) in [4.78, 5) is 25.7. The molecule has 0 spiro atoms. The van der Waals surface area contributed by atoms with Crippen LogP contribution in [-0.2, 0) is 20.7 Å². The number of benzene rings is 1. The van der Waals surface area contributed by atoms with Crippen molar-refractivity contribution in [2.45, 2.75) is 76.4 Å². The molecular formula is C24H35NO4. The van der Waals surface area contributed by atoms with Crippen LogP contribution in [0.15, 0.2) is 42.5 Å². The number of carbonyl (C=O) groups is 2. The lowest BCUT2D eigenvalue weighted by Crippen LogP contribution is -2.38. The highest BCUT2D eigenvalue weighted by molar-refractivity contribution is 5.77. The number of ether oxygens (including phenoxy) is 1. The molecule has 5 heteroatoms. The van der Waals surface area contributed by atoms with Crippen LogP contribution in [0.25, 0.3) is 0 Å². The molecule has 1 heterocycles. The van der Waals surface area contributed by atoms with E-state index in [2.05, 4.69) is 4.74 Å². The van der Waals surface area contributed by atoms with E-state index >= 15 is 0 Å². The Balaban J connectivity index is 1.83. The minimum atomic E-state index is -0.545. The average molecular weight is 402 g/mol. The highest BCUT2D eigenvalue weighted by atomic mass is 16.5. The Morgan fingerprint density at radius 2 is 1.97 bits per heavy atom. The van der Waals surface area contributed by atoms with Crippen molar-refractivity contribution in [3.05, 3.63) is 48.0 Å². The molecular weight excluding hydrogens is 366 g/mol. The second-order valence-corrected chi connectivity index (χ2v) is 7.78. The Bertz CT molecular complexity index is 644. The molecule has 0 aromatic heterocycles. The van der Waals surface area contributed by atoms with E-state index < -0.39 is 6.10 Å². The van der Waals surface area contributed by atoms with Crippen LogP contribution < -0.4 is 0 Å². The zero-order chi connectivity index (χ0) is 20.9. The van der Waals surface area contributed by atoms with Crippen molar-refractivity contribution in [2.75, 3.05) is 13.7 Å². The van der Waals surface area contributed by atoms with Crippen LogP contribution in [-0.4, -0.2) is 47.7 Å². The van der Waals surface area contributed by atoms with Crippen molar-refractivity contribution in [3.8, 4) is 0 Å². The van der Waals surface area contributed by atoms with Gasteiger partial charge in [-0.2, -0.15) is 0 Å². The van der Waals surface area contributed by atoms with Gasteiger partial charge in [-0.1, -0.05) is 61.7 Å². The van der Waals surface area contributed by atoms with Crippen molar-refractivity contribution in [1.82, 2.24) is 4.90 Å². The number of hydrogen-bond acceptors (Lipinski definition) is 4. The second kappa shape index (κ2) is 13.2. The quantitative estimate of drug-likeness (QED) is 0.345. The van der Waals surface area contributed by atoms with Crippen LogP contribution in [0.2, 0.25) is 0 Å². The molecule has 0 aliphatic carbocycles. The van der Waals surface area contributed by atoms with Gasteiger partial charge in [-0.25, -0.2) is 0 Å². The third-order valence-corrected chi connectivity index (χ3v) is 5.46. The fourth-order valence-electron chi connectivity index (χ4n) is 3.79. The van der Waals surface area contributed by atoms with E-state index in [0.717, 1.165) is 57.1 Å². The Kier molecular flexibility index (Phi) is 10.5. The van der Waals surface area contributed by atoms with Crippen LogP contribution in [0, 0.1) is 0 Å². The van der Waals surface area contributed by atoms with Crippen LogP contribution in [0.5, 0.6) is 0 Å². The minimum absolute atomic E-state index is 0.0606. The number of hydrogen-bond donors (Lipinski definition) is 1. The molecule has 1 fully saturated rings. The number of nitrogens with zero attached hydrogens (tertiary/aromatic N) is 1. The van der Waals surface area contributed by atoms with Gasteiger partial charge in [0.15, 0.2) is 0 Å². The zero-order valence-electron chi connectivity index (χ0n) is 17.6. The van der Waals surface area contributed by atoms with Crippen molar-refractivity contribution in [2.24, 2.45) is 0 Å². The molecule has 1 aliphatic heterocycles. The molecule has 1 aliphatic rings. The molecule has 1 N–H and O–H groups in total. The van der Waals surface area contributed by atoms with Crippen LogP contribution in [0.1, 0.15) is 63.4 Å². The lowest BCUT2D eigenvalue weighted by Gasteiger charge is -2.28. The number of amides is 1. The number of rotatable bonds is 11. The summed E-state index contributed by atoms with van der Waals surface area (Å²) in [7, 11) is 1.41. The summed E-state index contributed by atoms with van der Waals surface area (Å²) in [6, 6.07) is 10.0. The third-order valence-electron chi connectivity index (χ3n) is 5.46. The number of aliphatic hydroxyl groups excluding tert-OH is 1. The second-order valence-electron chi connectivity index (χ2n) is 7.78. The fourth-order valence-corrected chi connectivity index (χ4v) is 3.79. The Morgan fingerprint density at radius 3 is 2.72 bits per heavy atom. The van der Waals surface area contributed by atoms with Gasteiger partial charge >= 0.3 is 5.97 Å². The molecule has 5 nitrogen and oxygen atoms in total. The summed E-state index contributed by atoms with van der Waals surface area (Å²) in [5.74, 6) is 0.0521. The smallest absolute Gasteiger partial charge is 0.305 e. The molecule has 1 amide bonds. The summed E-state index contributed by atoms with van der Waals surface area (Å²) in [5.41, 5.74) is 1.10. The molecule has 0 radical (unpaired) electrons. The molecule has 2 rings (SSSR count). The van der Waals surface area contributed by atoms with Gasteiger partial charge in [0.1, 0.15) is 0 Å². The molecule has 1 aromatic carbocycles. The van der Waals surface area contributed by atoms with Crippen LogP contribution >= 0.6 is 0 Å². The topological polar surface area (TPSA) is 66.8 Å². The summed E-state index contributed by atoms with van der Waals surface area (Å²) in [6.07, 6.45) is 11.6. The number of methoxy groups -OCH3 is 1. The minimum Gasteiger partial charge on any atom is -0.469 e.